The number of hydrogen-bond acceptors (Lipinski definition) is 6. The van der Waals surface area contributed by atoms with Gasteiger partial charge in [0.25, 0.3) is 5.91 Å². The third kappa shape index (κ3) is 10.0. The quantitative estimate of drug-likeness (QED) is 0.278. The van der Waals surface area contributed by atoms with E-state index in [2.05, 4.69) is 56.5 Å². The van der Waals surface area contributed by atoms with E-state index in [9.17, 15) is 4.79 Å². The molecule has 3 rings (SSSR count). The molecule has 2 aromatic rings. The summed E-state index contributed by atoms with van der Waals surface area (Å²) in [6.07, 6.45) is 10.0. The van der Waals surface area contributed by atoms with Crippen molar-refractivity contribution in [1.82, 2.24) is 15.4 Å². The Bertz CT molecular complexity index is 890. The minimum atomic E-state index is -0.567. The molecule has 3 N–H and O–H groups in total. The first-order valence-corrected chi connectivity index (χ1v) is 10.0. The van der Waals surface area contributed by atoms with Crippen LogP contribution in [0.25, 0.3) is 12.2 Å². The fourth-order valence-electron chi connectivity index (χ4n) is 3.35. The number of hydrogen-bond donors (Lipinski definition) is 3. The minimum Gasteiger partial charge on any atom is -0.378 e. The van der Waals surface area contributed by atoms with Crippen LogP contribution >= 0.6 is 37.2 Å². The van der Waals surface area contributed by atoms with Crippen LogP contribution in [0.5, 0.6) is 0 Å². The number of pyridine rings is 1. The van der Waals surface area contributed by atoms with E-state index >= 15 is 0 Å². The highest BCUT2D eigenvalue weighted by Gasteiger charge is 2.21. The summed E-state index contributed by atoms with van der Waals surface area (Å²) in [5.74, 6) is 0.255. The van der Waals surface area contributed by atoms with Crippen molar-refractivity contribution in [3.05, 3.63) is 65.9 Å². The molecule has 0 aliphatic carbocycles. The molecule has 0 unspecified atom stereocenters. The number of amides is 1. The molecule has 0 saturated carbocycles. The predicted octanol–water partition coefficient (Wildman–Crippen LogP) is 4.13. The lowest BCUT2D eigenvalue weighted by Crippen LogP contribution is -2.26. The maximum Gasteiger partial charge on any atom is 0.267 e. The van der Waals surface area contributed by atoms with Gasteiger partial charge in [0.15, 0.2) is 0 Å². The number of likely N-dealkylation sites (tertiary alicyclic amines) is 1. The number of halogens is 3. The van der Waals surface area contributed by atoms with Gasteiger partial charge in [0, 0.05) is 57.7 Å². The number of hydroxylamine groups is 1. The zero-order valence-electron chi connectivity index (χ0n) is 18.7. The van der Waals surface area contributed by atoms with Crippen molar-refractivity contribution in [1.29, 1.82) is 0 Å². The van der Waals surface area contributed by atoms with E-state index in [0.29, 0.717) is 6.04 Å². The van der Waals surface area contributed by atoms with Gasteiger partial charge < -0.3 is 10.2 Å². The lowest BCUT2D eigenvalue weighted by atomic mass is 10.2. The number of nitrogens with one attached hydrogen (secondary N) is 2. The molecule has 1 aromatic heterocycles. The lowest BCUT2D eigenvalue weighted by molar-refractivity contribution is -0.124. The van der Waals surface area contributed by atoms with Crippen molar-refractivity contribution in [3.8, 4) is 0 Å². The van der Waals surface area contributed by atoms with Crippen molar-refractivity contribution in [2.75, 3.05) is 43.9 Å². The topological polar surface area (TPSA) is 80.7 Å². The number of carbonyl (C=O) groups excluding carboxylic acids is 1. The zero-order chi connectivity index (χ0) is 21.3. The summed E-state index contributed by atoms with van der Waals surface area (Å²) < 4.78 is 0. The molecule has 1 aliphatic rings. The predicted molar refractivity (Wildman–Crippen MR) is 143 cm³/mol. The van der Waals surface area contributed by atoms with Gasteiger partial charge in [-0.1, -0.05) is 24.3 Å². The van der Waals surface area contributed by atoms with Gasteiger partial charge in [-0.2, -0.15) is 0 Å². The van der Waals surface area contributed by atoms with Crippen LogP contribution in [0.15, 0.2) is 54.7 Å². The Balaban J connectivity index is 0.00000341. The Hall–Kier alpha value is -2.29. The smallest absolute Gasteiger partial charge is 0.267 e. The molecule has 2 heterocycles. The van der Waals surface area contributed by atoms with Gasteiger partial charge in [0.2, 0.25) is 0 Å². The van der Waals surface area contributed by atoms with Crippen LogP contribution in [0, 0.1) is 0 Å². The Labute approximate surface area is 214 Å². The maximum absolute atomic E-state index is 11.0. The Morgan fingerprint density at radius 3 is 2.42 bits per heavy atom. The summed E-state index contributed by atoms with van der Waals surface area (Å²) in [6, 6.07) is 12.7. The molecule has 0 radical (unpaired) electrons. The summed E-state index contributed by atoms with van der Waals surface area (Å²) in [5.41, 5.74) is 4.77. The monoisotopic (exact) mass is 515 g/mol. The lowest BCUT2D eigenvalue weighted by Gasteiger charge is -2.15. The maximum atomic E-state index is 11.0. The van der Waals surface area contributed by atoms with Crippen LogP contribution in [0.4, 0.5) is 11.5 Å². The number of carbonyl (C=O) groups is 1. The number of anilines is 2. The van der Waals surface area contributed by atoms with E-state index in [-0.39, 0.29) is 37.2 Å². The Morgan fingerprint density at radius 1 is 1.12 bits per heavy atom. The molecule has 1 atom stereocenters. The summed E-state index contributed by atoms with van der Waals surface area (Å²) >= 11 is 0. The molecule has 33 heavy (non-hydrogen) atoms. The molecule has 7 nitrogen and oxygen atoms in total. The van der Waals surface area contributed by atoms with Gasteiger partial charge in [-0.3, -0.25) is 14.9 Å². The second-order valence-corrected chi connectivity index (χ2v) is 7.56. The molecule has 1 aliphatic heterocycles. The highest BCUT2D eigenvalue weighted by atomic mass is 35.5. The third-order valence-electron chi connectivity index (χ3n) is 5.03. The molecule has 1 saturated heterocycles. The molecular weight excluding hydrogens is 485 g/mol. The van der Waals surface area contributed by atoms with Crippen molar-refractivity contribution >= 4 is 66.8 Å². The summed E-state index contributed by atoms with van der Waals surface area (Å²) in [7, 11) is 4.09. The number of rotatable bonds is 8. The van der Waals surface area contributed by atoms with Gasteiger partial charge in [0.1, 0.15) is 5.82 Å². The van der Waals surface area contributed by atoms with E-state index in [1.54, 1.807) is 17.8 Å². The average Bonchev–Trinajstić information content (AvgIpc) is 3.20. The normalized spacial score (nSPS) is 15.4. The second-order valence-electron chi connectivity index (χ2n) is 7.56. The largest absolute Gasteiger partial charge is 0.378 e. The number of aromatic nitrogens is 1. The van der Waals surface area contributed by atoms with Gasteiger partial charge >= 0.3 is 0 Å². The first-order valence-electron chi connectivity index (χ1n) is 10.0. The third-order valence-corrected chi connectivity index (χ3v) is 5.03. The van der Waals surface area contributed by atoms with Crippen LogP contribution < -0.4 is 15.7 Å². The SMILES string of the molecule is CN(C)c1ccc(C=CCN2CC[C@@H](Nc3ccc(C=CC(=O)NO)cn3)C2)cc1.Cl.Cl.Cl. The van der Waals surface area contributed by atoms with E-state index in [0.717, 1.165) is 37.4 Å². The zero-order valence-corrected chi connectivity index (χ0v) is 21.1. The van der Waals surface area contributed by atoms with E-state index < -0.39 is 5.91 Å². The van der Waals surface area contributed by atoms with Crippen LogP contribution in [0.1, 0.15) is 17.5 Å². The molecule has 10 heteroatoms. The highest BCUT2D eigenvalue weighted by Crippen LogP contribution is 2.16. The van der Waals surface area contributed by atoms with Crippen LogP contribution in [-0.4, -0.2) is 60.8 Å². The van der Waals surface area contributed by atoms with Gasteiger partial charge in [-0.25, -0.2) is 10.5 Å². The first-order chi connectivity index (χ1) is 14.5. The van der Waals surface area contributed by atoms with E-state index in [1.165, 1.54) is 17.3 Å². The molecule has 1 fully saturated rings. The van der Waals surface area contributed by atoms with Crippen LogP contribution in [0.2, 0.25) is 0 Å². The molecule has 0 spiro atoms. The average molecular weight is 517 g/mol. The van der Waals surface area contributed by atoms with Crippen molar-refractivity contribution in [3.63, 3.8) is 0 Å². The molecule has 1 amide bonds. The standard InChI is InChI=1S/C23H29N5O2.3ClH/c1-27(2)21-9-5-18(6-10-21)4-3-14-28-15-13-20(17-28)25-22-11-7-19(16-24-22)8-12-23(29)26-30;;;/h3-12,16,20,30H,13-15,17H2,1-2H3,(H,24,25)(H,26,29);3*1H/t20-;;;/m1.../s1. The first kappa shape index (κ1) is 30.7. The van der Waals surface area contributed by atoms with Crippen LogP contribution in [-0.2, 0) is 4.79 Å². The van der Waals surface area contributed by atoms with Gasteiger partial charge in [0.05, 0.1) is 0 Å². The number of benzene rings is 1. The molecular formula is C23H32Cl3N5O2. The van der Waals surface area contributed by atoms with Crippen molar-refractivity contribution in [2.45, 2.75) is 12.5 Å². The van der Waals surface area contributed by atoms with Gasteiger partial charge in [-0.15, -0.1) is 37.2 Å². The summed E-state index contributed by atoms with van der Waals surface area (Å²) in [4.78, 5) is 19.9. The summed E-state index contributed by atoms with van der Waals surface area (Å²) in [5, 5.41) is 12.0. The molecule has 182 valence electrons. The second kappa shape index (κ2) is 15.5. The van der Waals surface area contributed by atoms with E-state index in [4.69, 9.17) is 5.21 Å². The minimum absolute atomic E-state index is 0. The van der Waals surface area contributed by atoms with Crippen molar-refractivity contribution < 1.29 is 10.0 Å². The van der Waals surface area contributed by atoms with E-state index in [1.807, 2.05) is 26.2 Å². The highest BCUT2D eigenvalue weighted by molar-refractivity contribution is 5.90. The van der Waals surface area contributed by atoms with Gasteiger partial charge in [-0.05, 0) is 47.9 Å². The fraction of sp³-hybridized carbons (Fsp3) is 0.304. The van der Waals surface area contributed by atoms with Crippen LogP contribution in [0.3, 0.4) is 0 Å². The molecule has 0 bridgehead atoms. The molecule has 1 aromatic carbocycles. The summed E-state index contributed by atoms with van der Waals surface area (Å²) in [6.45, 7) is 2.96. The number of nitrogens with zero attached hydrogens (tertiary/aromatic N) is 3. The fourth-order valence-corrected chi connectivity index (χ4v) is 3.35. The van der Waals surface area contributed by atoms with Crippen molar-refractivity contribution in [2.24, 2.45) is 0 Å². The Kier molecular flexibility index (Phi) is 14.5. The Morgan fingerprint density at radius 2 is 1.82 bits per heavy atom.